The van der Waals surface area contributed by atoms with E-state index >= 15 is 0 Å². The van der Waals surface area contributed by atoms with E-state index in [4.69, 9.17) is 27.9 Å². The summed E-state index contributed by atoms with van der Waals surface area (Å²) in [5.74, 6) is -0.886. The third-order valence-corrected chi connectivity index (χ3v) is 3.93. The van der Waals surface area contributed by atoms with E-state index in [0.29, 0.717) is 5.02 Å². The number of rotatable bonds is 5. The van der Waals surface area contributed by atoms with Crippen LogP contribution in [0.1, 0.15) is 5.56 Å². The average Bonchev–Trinajstić information content (AvgIpc) is 2.99. The number of fused-ring (bicyclic) bond motifs is 1. The van der Waals surface area contributed by atoms with Crippen LogP contribution in [0.4, 0.5) is 5.82 Å². The number of esters is 1. The number of halogens is 2. The van der Waals surface area contributed by atoms with Crippen molar-refractivity contribution in [2.75, 3.05) is 11.9 Å². The molecule has 0 radical (unpaired) electrons. The van der Waals surface area contributed by atoms with Crippen molar-refractivity contribution >= 4 is 51.8 Å². The first kappa shape index (κ1) is 17.3. The number of carbonyl (C=O) groups excluding carboxylic acids is 2. The first-order valence-corrected chi connectivity index (χ1v) is 8.10. The molecule has 6 nitrogen and oxygen atoms in total. The first-order valence-electron chi connectivity index (χ1n) is 7.34. The van der Waals surface area contributed by atoms with Crippen LogP contribution in [0.5, 0.6) is 0 Å². The van der Waals surface area contributed by atoms with Crippen LogP contribution in [0.2, 0.25) is 10.0 Å². The Morgan fingerprint density at radius 3 is 2.84 bits per heavy atom. The quantitative estimate of drug-likeness (QED) is 0.665. The van der Waals surface area contributed by atoms with Gasteiger partial charge >= 0.3 is 5.97 Å². The highest BCUT2D eigenvalue weighted by Crippen LogP contribution is 2.22. The Bertz CT molecular complexity index is 940. The van der Waals surface area contributed by atoms with Gasteiger partial charge in [-0.3, -0.25) is 9.59 Å². The topological polar surface area (TPSA) is 84.1 Å². The van der Waals surface area contributed by atoms with E-state index in [1.165, 1.54) is 12.3 Å². The van der Waals surface area contributed by atoms with Gasteiger partial charge in [-0.05, 0) is 17.7 Å². The minimum Gasteiger partial charge on any atom is -0.455 e. The molecule has 0 aliphatic rings. The Hall–Kier alpha value is -2.57. The van der Waals surface area contributed by atoms with E-state index in [-0.39, 0.29) is 17.3 Å². The van der Waals surface area contributed by atoms with Crippen molar-refractivity contribution in [1.82, 2.24) is 9.97 Å². The summed E-state index contributed by atoms with van der Waals surface area (Å²) in [6.07, 6.45) is 3.17. The van der Waals surface area contributed by atoms with Gasteiger partial charge in [-0.1, -0.05) is 41.4 Å². The van der Waals surface area contributed by atoms with Gasteiger partial charge in [0, 0.05) is 23.3 Å². The number of anilines is 1. The fourth-order valence-corrected chi connectivity index (χ4v) is 2.73. The second kappa shape index (κ2) is 7.55. The van der Waals surface area contributed by atoms with E-state index in [1.807, 2.05) is 24.3 Å². The maximum absolute atomic E-state index is 11.9. The molecule has 3 aromatic rings. The van der Waals surface area contributed by atoms with E-state index in [9.17, 15) is 9.59 Å². The van der Waals surface area contributed by atoms with E-state index in [2.05, 4.69) is 15.3 Å². The summed E-state index contributed by atoms with van der Waals surface area (Å²) >= 11 is 11.6. The molecule has 0 aliphatic heterocycles. The van der Waals surface area contributed by atoms with Crippen molar-refractivity contribution in [3.63, 3.8) is 0 Å². The minimum atomic E-state index is -0.538. The highest BCUT2D eigenvalue weighted by Gasteiger charge is 2.13. The molecule has 1 amide bonds. The van der Waals surface area contributed by atoms with Gasteiger partial charge in [0.25, 0.3) is 5.91 Å². The van der Waals surface area contributed by atoms with Crippen LogP contribution < -0.4 is 5.32 Å². The van der Waals surface area contributed by atoms with Gasteiger partial charge in [0.1, 0.15) is 0 Å². The number of benzene rings is 1. The number of aromatic nitrogens is 2. The number of aromatic amines is 1. The lowest BCUT2D eigenvalue weighted by Gasteiger charge is -2.07. The Kier molecular flexibility index (Phi) is 5.21. The van der Waals surface area contributed by atoms with Gasteiger partial charge in [0.2, 0.25) is 0 Å². The molecule has 1 aromatic carbocycles. The number of H-pyrrole nitrogens is 1. The maximum Gasteiger partial charge on any atom is 0.310 e. The molecule has 25 heavy (non-hydrogen) atoms. The summed E-state index contributed by atoms with van der Waals surface area (Å²) in [5.41, 5.74) is 1.75. The average molecular weight is 378 g/mol. The molecule has 8 heteroatoms. The van der Waals surface area contributed by atoms with Crippen molar-refractivity contribution in [2.24, 2.45) is 0 Å². The van der Waals surface area contributed by atoms with Gasteiger partial charge in [-0.2, -0.15) is 0 Å². The van der Waals surface area contributed by atoms with E-state index < -0.39 is 18.5 Å². The van der Waals surface area contributed by atoms with Crippen molar-refractivity contribution in [2.45, 2.75) is 6.42 Å². The molecule has 3 rings (SSSR count). The molecular weight excluding hydrogens is 365 g/mol. The van der Waals surface area contributed by atoms with Crippen molar-refractivity contribution in [3.8, 4) is 0 Å². The molecule has 0 atom stereocenters. The lowest BCUT2D eigenvalue weighted by atomic mass is 10.1. The zero-order valence-electron chi connectivity index (χ0n) is 12.9. The first-order chi connectivity index (χ1) is 12.0. The van der Waals surface area contributed by atoms with Crippen LogP contribution >= 0.6 is 23.2 Å². The third-order valence-electron chi connectivity index (χ3n) is 3.44. The van der Waals surface area contributed by atoms with Gasteiger partial charge in [0.15, 0.2) is 12.4 Å². The second-order valence-electron chi connectivity index (χ2n) is 5.23. The number of nitrogens with zero attached hydrogens (tertiary/aromatic N) is 1. The Balaban J connectivity index is 1.54. The van der Waals surface area contributed by atoms with Crippen molar-refractivity contribution in [3.05, 3.63) is 58.3 Å². The zero-order valence-corrected chi connectivity index (χ0v) is 14.4. The van der Waals surface area contributed by atoms with Crippen LogP contribution in [0, 0.1) is 0 Å². The summed E-state index contributed by atoms with van der Waals surface area (Å²) in [6, 6.07) is 9.08. The van der Waals surface area contributed by atoms with Crippen molar-refractivity contribution < 1.29 is 14.3 Å². The normalized spacial score (nSPS) is 10.6. The molecule has 0 fully saturated rings. The number of para-hydroxylation sites is 1. The van der Waals surface area contributed by atoms with Crippen LogP contribution in [-0.2, 0) is 20.7 Å². The van der Waals surface area contributed by atoms with Crippen LogP contribution in [0.3, 0.4) is 0 Å². The van der Waals surface area contributed by atoms with Crippen molar-refractivity contribution in [1.29, 1.82) is 0 Å². The number of pyridine rings is 1. The van der Waals surface area contributed by atoms with Crippen LogP contribution in [-0.4, -0.2) is 28.5 Å². The Morgan fingerprint density at radius 1 is 1.24 bits per heavy atom. The number of amides is 1. The standard InChI is InChI=1S/C17H13Cl2N3O3/c18-11-6-13(19)17(21-8-11)22-15(23)9-25-16(24)5-10-7-20-14-4-2-1-3-12(10)14/h1-4,6-8,20H,5,9H2,(H,21,22,23). The molecule has 0 saturated heterocycles. The molecular formula is C17H13Cl2N3O3. The second-order valence-corrected chi connectivity index (χ2v) is 6.07. The number of hydrogen-bond acceptors (Lipinski definition) is 4. The molecule has 0 aliphatic carbocycles. The third kappa shape index (κ3) is 4.29. The molecule has 2 N–H and O–H groups in total. The summed E-state index contributed by atoms with van der Waals surface area (Å²) in [7, 11) is 0. The number of ether oxygens (including phenoxy) is 1. The Labute approximate surface area is 153 Å². The van der Waals surface area contributed by atoms with Crippen LogP contribution in [0.25, 0.3) is 10.9 Å². The molecule has 2 heterocycles. The summed E-state index contributed by atoms with van der Waals surface area (Å²) < 4.78 is 5.00. The number of hydrogen-bond donors (Lipinski definition) is 2. The summed E-state index contributed by atoms with van der Waals surface area (Å²) in [5, 5.41) is 3.96. The Morgan fingerprint density at radius 2 is 2.04 bits per heavy atom. The molecule has 2 aromatic heterocycles. The van der Waals surface area contributed by atoms with Gasteiger partial charge in [-0.15, -0.1) is 0 Å². The van der Waals surface area contributed by atoms with Gasteiger partial charge in [0.05, 0.1) is 16.5 Å². The van der Waals surface area contributed by atoms with E-state index in [1.54, 1.807) is 6.20 Å². The zero-order chi connectivity index (χ0) is 17.8. The van der Waals surface area contributed by atoms with Gasteiger partial charge < -0.3 is 15.0 Å². The van der Waals surface area contributed by atoms with E-state index in [0.717, 1.165) is 16.5 Å². The SMILES string of the molecule is O=C(COC(=O)Cc1c[nH]c2ccccc12)Nc1ncc(Cl)cc1Cl. The fraction of sp³-hybridized carbons (Fsp3) is 0.118. The van der Waals surface area contributed by atoms with Crippen LogP contribution in [0.15, 0.2) is 42.7 Å². The molecule has 0 unspecified atom stereocenters. The highest BCUT2D eigenvalue weighted by atomic mass is 35.5. The molecule has 0 bridgehead atoms. The largest absolute Gasteiger partial charge is 0.455 e. The number of nitrogens with one attached hydrogen (secondary N) is 2. The smallest absolute Gasteiger partial charge is 0.310 e. The lowest BCUT2D eigenvalue weighted by Crippen LogP contribution is -2.22. The monoisotopic (exact) mass is 377 g/mol. The minimum absolute atomic E-state index is 0.0667. The highest BCUT2D eigenvalue weighted by molar-refractivity contribution is 6.36. The summed E-state index contributed by atoms with van der Waals surface area (Å²) in [6.45, 7) is -0.429. The predicted octanol–water partition coefficient (Wildman–Crippen LogP) is 3.59. The van der Waals surface area contributed by atoms with Gasteiger partial charge in [-0.25, -0.2) is 4.98 Å². The molecule has 0 saturated carbocycles. The number of carbonyl (C=O) groups is 2. The predicted molar refractivity (Wildman–Crippen MR) is 95.8 cm³/mol. The summed E-state index contributed by atoms with van der Waals surface area (Å²) in [4.78, 5) is 30.8. The maximum atomic E-state index is 11.9. The molecule has 0 spiro atoms. The fourth-order valence-electron chi connectivity index (χ4n) is 2.31. The lowest BCUT2D eigenvalue weighted by molar-refractivity contribution is -0.146. The molecule has 128 valence electrons.